The Balaban J connectivity index is 1.71. The van der Waals surface area contributed by atoms with Gasteiger partial charge in [-0.1, -0.05) is 11.6 Å². The molecule has 0 saturated heterocycles. The van der Waals surface area contributed by atoms with Crippen LogP contribution in [0.15, 0.2) is 42.5 Å². The van der Waals surface area contributed by atoms with Gasteiger partial charge in [-0.15, -0.1) is 0 Å². The first-order valence-electron chi connectivity index (χ1n) is 8.32. The van der Waals surface area contributed by atoms with Crippen molar-refractivity contribution in [2.75, 3.05) is 23.7 Å². The van der Waals surface area contributed by atoms with Crippen molar-refractivity contribution < 1.29 is 22.7 Å². The number of hydrogen-bond donors (Lipinski definition) is 0. The highest BCUT2D eigenvalue weighted by Crippen LogP contribution is 2.30. The number of fused-ring (bicyclic) bond motifs is 1. The van der Waals surface area contributed by atoms with Crippen molar-refractivity contribution >= 4 is 39.1 Å². The van der Waals surface area contributed by atoms with Crippen LogP contribution in [0.4, 0.5) is 5.69 Å². The molecule has 142 valence electrons. The van der Waals surface area contributed by atoms with Gasteiger partial charge in [-0.25, -0.2) is 13.2 Å². The van der Waals surface area contributed by atoms with E-state index in [1.807, 2.05) is 0 Å². The van der Waals surface area contributed by atoms with Gasteiger partial charge in [0.15, 0.2) is 12.4 Å². The normalized spacial score (nSPS) is 13.8. The second-order valence-corrected chi connectivity index (χ2v) is 8.63. The summed E-state index contributed by atoms with van der Waals surface area (Å²) < 4.78 is 30.2. The lowest BCUT2D eigenvalue weighted by Gasteiger charge is -2.29. The molecule has 0 radical (unpaired) electrons. The summed E-state index contributed by atoms with van der Waals surface area (Å²) in [4.78, 5) is 24.4. The minimum absolute atomic E-state index is 0.285. The molecule has 2 aromatic carbocycles. The molecule has 0 amide bonds. The minimum Gasteiger partial charge on any atom is -0.454 e. The molecule has 0 unspecified atom stereocenters. The van der Waals surface area contributed by atoms with Gasteiger partial charge < -0.3 is 4.74 Å². The predicted molar refractivity (Wildman–Crippen MR) is 103 cm³/mol. The maximum absolute atomic E-state index is 12.3. The molecule has 27 heavy (non-hydrogen) atoms. The average molecular weight is 408 g/mol. The number of anilines is 1. The fourth-order valence-electron chi connectivity index (χ4n) is 2.97. The number of carbonyl (C=O) groups is 2. The van der Waals surface area contributed by atoms with Crippen LogP contribution in [0.3, 0.4) is 0 Å². The van der Waals surface area contributed by atoms with Gasteiger partial charge in [0.2, 0.25) is 10.0 Å². The monoisotopic (exact) mass is 407 g/mol. The van der Waals surface area contributed by atoms with Crippen molar-refractivity contribution in [1.82, 2.24) is 0 Å². The molecule has 1 heterocycles. The quantitative estimate of drug-likeness (QED) is 0.562. The van der Waals surface area contributed by atoms with E-state index in [1.165, 1.54) is 10.4 Å². The van der Waals surface area contributed by atoms with Crippen molar-refractivity contribution in [2.24, 2.45) is 0 Å². The van der Waals surface area contributed by atoms with E-state index < -0.39 is 16.0 Å². The molecule has 0 N–H and O–H groups in total. The first kappa shape index (κ1) is 19.4. The largest absolute Gasteiger partial charge is 0.454 e. The molecule has 2 aromatic rings. The zero-order valence-corrected chi connectivity index (χ0v) is 16.2. The Bertz CT molecular complexity index is 986. The van der Waals surface area contributed by atoms with E-state index in [0.717, 1.165) is 11.8 Å². The number of ether oxygens (including phenoxy) is 1. The maximum Gasteiger partial charge on any atom is 0.338 e. The summed E-state index contributed by atoms with van der Waals surface area (Å²) in [6.07, 6.45) is 2.51. The molecule has 0 saturated carbocycles. The lowest BCUT2D eigenvalue weighted by Crippen LogP contribution is -2.34. The summed E-state index contributed by atoms with van der Waals surface area (Å²) in [5.74, 6) is -0.960. The van der Waals surface area contributed by atoms with Crippen LogP contribution >= 0.6 is 11.6 Å². The minimum atomic E-state index is -3.36. The number of rotatable bonds is 5. The van der Waals surface area contributed by atoms with Crippen molar-refractivity contribution in [3.05, 3.63) is 64.2 Å². The highest BCUT2D eigenvalue weighted by atomic mass is 35.5. The van der Waals surface area contributed by atoms with Crippen LogP contribution in [0, 0.1) is 0 Å². The summed E-state index contributed by atoms with van der Waals surface area (Å²) in [5.41, 5.74) is 2.04. The number of Topliss-reactive ketones (excluding diaryl/α,β-unsaturated/α-hetero) is 1. The van der Waals surface area contributed by atoms with Gasteiger partial charge in [0, 0.05) is 17.1 Å². The second-order valence-electron chi connectivity index (χ2n) is 6.29. The van der Waals surface area contributed by atoms with Gasteiger partial charge in [-0.05, 0) is 60.9 Å². The molecule has 8 heteroatoms. The lowest BCUT2D eigenvalue weighted by atomic mass is 10.0. The standard InChI is InChI=1S/C19H18ClNO5S/c1-27(24,25)21-10-2-3-14-11-15(6-9-17(14)21)19(23)26-12-18(22)13-4-7-16(20)8-5-13/h4-9,11H,2-3,10,12H2,1H3. The highest BCUT2D eigenvalue weighted by Gasteiger charge is 2.25. The first-order valence-corrected chi connectivity index (χ1v) is 10.5. The number of hydrogen-bond acceptors (Lipinski definition) is 5. The smallest absolute Gasteiger partial charge is 0.338 e. The highest BCUT2D eigenvalue weighted by molar-refractivity contribution is 7.92. The zero-order chi connectivity index (χ0) is 19.6. The van der Waals surface area contributed by atoms with E-state index in [2.05, 4.69) is 0 Å². The van der Waals surface area contributed by atoms with Crippen LogP contribution in [0.1, 0.15) is 32.7 Å². The second kappa shape index (κ2) is 7.70. The topological polar surface area (TPSA) is 80.8 Å². The number of benzene rings is 2. The van der Waals surface area contributed by atoms with Crippen LogP contribution in [0.25, 0.3) is 0 Å². The Labute approximate surface area is 162 Å². The number of carbonyl (C=O) groups excluding carboxylic acids is 2. The molecular formula is C19H18ClNO5S. The van der Waals surface area contributed by atoms with Gasteiger partial charge in [0.1, 0.15) is 0 Å². The Hall–Kier alpha value is -2.38. The van der Waals surface area contributed by atoms with E-state index in [1.54, 1.807) is 36.4 Å². The van der Waals surface area contributed by atoms with Crippen molar-refractivity contribution in [1.29, 1.82) is 0 Å². The van der Waals surface area contributed by atoms with Crippen LogP contribution in [-0.4, -0.2) is 39.6 Å². The van der Waals surface area contributed by atoms with Gasteiger partial charge in [-0.2, -0.15) is 0 Å². The Morgan fingerprint density at radius 2 is 1.78 bits per heavy atom. The molecule has 0 fully saturated rings. The van der Waals surface area contributed by atoms with Gasteiger partial charge in [0.05, 0.1) is 17.5 Å². The van der Waals surface area contributed by atoms with Crippen molar-refractivity contribution in [3.8, 4) is 0 Å². The van der Waals surface area contributed by atoms with E-state index in [-0.39, 0.29) is 18.0 Å². The van der Waals surface area contributed by atoms with Crippen LogP contribution in [0.2, 0.25) is 5.02 Å². The molecule has 0 atom stereocenters. The molecule has 0 aromatic heterocycles. The fourth-order valence-corrected chi connectivity index (χ4v) is 4.09. The summed E-state index contributed by atoms with van der Waals surface area (Å²) >= 11 is 5.78. The number of nitrogens with zero attached hydrogens (tertiary/aromatic N) is 1. The zero-order valence-electron chi connectivity index (χ0n) is 14.6. The summed E-state index contributed by atoms with van der Waals surface area (Å²) in [6, 6.07) is 11.1. The first-order chi connectivity index (χ1) is 12.8. The summed E-state index contributed by atoms with van der Waals surface area (Å²) in [5, 5.41) is 0.515. The molecule has 3 rings (SSSR count). The van der Waals surface area contributed by atoms with Crippen LogP contribution in [-0.2, 0) is 21.2 Å². The molecular weight excluding hydrogens is 390 g/mol. The number of sulfonamides is 1. The number of aryl methyl sites for hydroxylation is 1. The molecule has 0 aliphatic carbocycles. The Morgan fingerprint density at radius 3 is 2.44 bits per heavy atom. The maximum atomic E-state index is 12.3. The van der Waals surface area contributed by atoms with Gasteiger partial charge in [-0.3, -0.25) is 9.10 Å². The molecule has 1 aliphatic heterocycles. The Kier molecular flexibility index (Phi) is 5.53. The van der Waals surface area contributed by atoms with E-state index >= 15 is 0 Å². The predicted octanol–water partition coefficient (Wildman–Crippen LogP) is 3.09. The summed E-state index contributed by atoms with van der Waals surface area (Å²) in [6.45, 7) is 0.0399. The van der Waals surface area contributed by atoms with E-state index in [0.29, 0.717) is 35.7 Å². The molecule has 0 spiro atoms. The SMILES string of the molecule is CS(=O)(=O)N1CCCc2cc(C(=O)OCC(=O)c3ccc(Cl)cc3)ccc21. The van der Waals surface area contributed by atoms with Gasteiger partial charge >= 0.3 is 5.97 Å². The number of ketones is 1. The molecule has 0 bridgehead atoms. The number of esters is 1. The van der Waals surface area contributed by atoms with E-state index in [4.69, 9.17) is 16.3 Å². The lowest BCUT2D eigenvalue weighted by molar-refractivity contribution is 0.0474. The van der Waals surface area contributed by atoms with Crippen molar-refractivity contribution in [2.45, 2.75) is 12.8 Å². The van der Waals surface area contributed by atoms with Crippen LogP contribution < -0.4 is 4.31 Å². The van der Waals surface area contributed by atoms with E-state index in [9.17, 15) is 18.0 Å². The molecule has 1 aliphatic rings. The fraction of sp³-hybridized carbons (Fsp3) is 0.263. The average Bonchev–Trinajstić information content (AvgIpc) is 2.64. The number of halogens is 1. The third kappa shape index (κ3) is 4.48. The van der Waals surface area contributed by atoms with Crippen LogP contribution in [0.5, 0.6) is 0 Å². The molecule has 6 nitrogen and oxygen atoms in total. The third-order valence-corrected chi connectivity index (χ3v) is 5.72. The third-order valence-electron chi connectivity index (χ3n) is 4.29. The summed E-state index contributed by atoms with van der Waals surface area (Å²) in [7, 11) is -3.36. The van der Waals surface area contributed by atoms with Gasteiger partial charge in [0.25, 0.3) is 0 Å². The van der Waals surface area contributed by atoms with Crippen molar-refractivity contribution in [3.63, 3.8) is 0 Å². The Morgan fingerprint density at radius 1 is 1.11 bits per heavy atom.